The van der Waals surface area contributed by atoms with Gasteiger partial charge in [0.05, 0.1) is 18.5 Å². The Kier molecular flexibility index (Phi) is 4.21. The number of fused-ring (bicyclic) bond motifs is 2. The Morgan fingerprint density at radius 1 is 1.25 bits per heavy atom. The van der Waals surface area contributed by atoms with Crippen LogP contribution in [0.25, 0.3) is 0 Å². The molecule has 4 nitrogen and oxygen atoms in total. The van der Waals surface area contributed by atoms with Crippen molar-refractivity contribution in [3.8, 4) is 5.88 Å². The molecule has 1 aromatic heterocycles. The molecule has 3 unspecified atom stereocenters. The minimum atomic E-state index is 0.535. The van der Waals surface area contributed by atoms with Gasteiger partial charge in [0, 0.05) is 19.7 Å². The molecule has 0 aliphatic heterocycles. The van der Waals surface area contributed by atoms with Gasteiger partial charge < -0.3 is 14.8 Å². The van der Waals surface area contributed by atoms with Crippen LogP contribution in [0.3, 0.4) is 0 Å². The summed E-state index contributed by atoms with van der Waals surface area (Å²) >= 11 is 0. The van der Waals surface area contributed by atoms with Gasteiger partial charge in [-0.1, -0.05) is 12.2 Å². The molecular weight excluding hydrogens is 252 g/mol. The zero-order chi connectivity index (χ0) is 13.8. The van der Waals surface area contributed by atoms with E-state index in [1.54, 1.807) is 7.11 Å². The maximum atomic E-state index is 5.45. The second kappa shape index (κ2) is 6.27. The van der Waals surface area contributed by atoms with Crippen LogP contribution < -0.4 is 10.1 Å². The Hall–Kier alpha value is -1.55. The fourth-order valence-corrected chi connectivity index (χ4v) is 3.18. The van der Waals surface area contributed by atoms with Crippen molar-refractivity contribution < 1.29 is 9.47 Å². The van der Waals surface area contributed by atoms with E-state index in [1.165, 1.54) is 12.8 Å². The first-order chi connectivity index (χ1) is 9.85. The molecule has 1 saturated carbocycles. The van der Waals surface area contributed by atoms with Crippen LogP contribution in [0, 0.1) is 17.8 Å². The number of ether oxygens (including phenoxy) is 2. The summed E-state index contributed by atoms with van der Waals surface area (Å²) in [7, 11) is 1.66. The van der Waals surface area contributed by atoms with Gasteiger partial charge in [-0.3, -0.25) is 0 Å². The maximum Gasteiger partial charge on any atom is 0.213 e. The molecule has 1 aromatic rings. The summed E-state index contributed by atoms with van der Waals surface area (Å²) in [5.74, 6) is 3.05. The summed E-state index contributed by atoms with van der Waals surface area (Å²) in [6.45, 7) is 2.16. The third-order valence-corrected chi connectivity index (χ3v) is 4.26. The zero-order valence-electron chi connectivity index (χ0n) is 11.9. The normalized spacial score (nSPS) is 26.9. The van der Waals surface area contributed by atoms with Crippen LogP contribution in [0.15, 0.2) is 30.5 Å². The van der Waals surface area contributed by atoms with Gasteiger partial charge >= 0.3 is 0 Å². The number of nitrogens with zero attached hydrogens (tertiary/aromatic N) is 1. The molecule has 3 rings (SSSR count). The van der Waals surface area contributed by atoms with E-state index in [4.69, 9.17) is 9.47 Å². The van der Waals surface area contributed by atoms with E-state index in [-0.39, 0.29) is 0 Å². The lowest BCUT2D eigenvalue weighted by molar-refractivity contribution is 0.144. The summed E-state index contributed by atoms with van der Waals surface area (Å²) in [6.07, 6.45) is 9.31. The molecule has 0 aromatic carbocycles. The number of rotatable bonds is 7. The summed E-state index contributed by atoms with van der Waals surface area (Å²) < 4.78 is 10.4. The van der Waals surface area contributed by atoms with Crippen molar-refractivity contribution in [2.45, 2.75) is 12.8 Å². The molecule has 2 bridgehead atoms. The van der Waals surface area contributed by atoms with Crippen molar-refractivity contribution in [1.29, 1.82) is 0 Å². The van der Waals surface area contributed by atoms with Gasteiger partial charge in [-0.2, -0.15) is 0 Å². The zero-order valence-corrected chi connectivity index (χ0v) is 11.9. The van der Waals surface area contributed by atoms with Gasteiger partial charge in [-0.15, -0.1) is 0 Å². The predicted octanol–water partition coefficient (Wildman–Crippen LogP) is 2.73. The van der Waals surface area contributed by atoms with Crippen LogP contribution in [0.4, 0.5) is 5.69 Å². The van der Waals surface area contributed by atoms with Crippen molar-refractivity contribution in [2.24, 2.45) is 17.8 Å². The SMILES string of the molecule is COCCOc1ccc(NCC2CC3C=CC2C3)cn1. The van der Waals surface area contributed by atoms with Crippen molar-refractivity contribution in [3.05, 3.63) is 30.5 Å². The number of nitrogens with one attached hydrogen (secondary N) is 1. The second-order valence-electron chi connectivity index (χ2n) is 5.65. The largest absolute Gasteiger partial charge is 0.475 e. The lowest BCUT2D eigenvalue weighted by Crippen LogP contribution is -2.18. The lowest BCUT2D eigenvalue weighted by Gasteiger charge is -2.19. The van der Waals surface area contributed by atoms with E-state index in [9.17, 15) is 0 Å². The molecule has 1 N–H and O–H groups in total. The number of hydrogen-bond donors (Lipinski definition) is 1. The van der Waals surface area contributed by atoms with Crippen molar-refractivity contribution in [2.75, 3.05) is 32.2 Å². The Morgan fingerprint density at radius 2 is 2.20 bits per heavy atom. The molecule has 2 aliphatic carbocycles. The average molecular weight is 274 g/mol. The van der Waals surface area contributed by atoms with E-state index in [0.717, 1.165) is 30.0 Å². The third kappa shape index (κ3) is 3.12. The molecule has 0 spiro atoms. The molecule has 4 heteroatoms. The van der Waals surface area contributed by atoms with Gasteiger partial charge in [0.2, 0.25) is 5.88 Å². The Bertz CT molecular complexity index is 458. The van der Waals surface area contributed by atoms with E-state index >= 15 is 0 Å². The van der Waals surface area contributed by atoms with Crippen LogP contribution in [0.2, 0.25) is 0 Å². The first-order valence-corrected chi connectivity index (χ1v) is 7.35. The Labute approximate surface area is 120 Å². The highest BCUT2D eigenvalue weighted by Crippen LogP contribution is 2.43. The van der Waals surface area contributed by atoms with Crippen LogP contribution in [-0.2, 0) is 4.74 Å². The molecule has 3 atom stereocenters. The molecule has 2 aliphatic rings. The fraction of sp³-hybridized carbons (Fsp3) is 0.562. The minimum absolute atomic E-state index is 0.535. The summed E-state index contributed by atoms with van der Waals surface area (Å²) in [4.78, 5) is 4.29. The van der Waals surface area contributed by atoms with Gasteiger partial charge in [0.15, 0.2) is 0 Å². The van der Waals surface area contributed by atoms with E-state index < -0.39 is 0 Å². The fourth-order valence-electron chi connectivity index (χ4n) is 3.18. The number of anilines is 1. The average Bonchev–Trinajstić information content (AvgIpc) is 3.09. The molecular formula is C16H22N2O2. The van der Waals surface area contributed by atoms with Crippen LogP contribution in [-0.4, -0.2) is 31.9 Å². The first-order valence-electron chi connectivity index (χ1n) is 7.35. The van der Waals surface area contributed by atoms with Gasteiger partial charge in [0.1, 0.15) is 6.61 Å². The van der Waals surface area contributed by atoms with Crippen LogP contribution in [0.5, 0.6) is 5.88 Å². The molecule has 1 fully saturated rings. The van der Waals surface area contributed by atoms with Gasteiger partial charge in [0.25, 0.3) is 0 Å². The number of pyridine rings is 1. The predicted molar refractivity (Wildman–Crippen MR) is 78.9 cm³/mol. The highest BCUT2D eigenvalue weighted by atomic mass is 16.5. The highest BCUT2D eigenvalue weighted by molar-refractivity contribution is 5.42. The number of allylic oxidation sites excluding steroid dienone is 2. The van der Waals surface area contributed by atoms with Crippen molar-refractivity contribution in [3.63, 3.8) is 0 Å². The molecule has 0 radical (unpaired) electrons. The van der Waals surface area contributed by atoms with E-state index in [0.29, 0.717) is 19.1 Å². The van der Waals surface area contributed by atoms with Gasteiger partial charge in [-0.25, -0.2) is 4.98 Å². The molecule has 0 saturated heterocycles. The first kappa shape index (κ1) is 13.4. The summed E-state index contributed by atoms with van der Waals surface area (Å²) in [5.41, 5.74) is 1.07. The topological polar surface area (TPSA) is 43.4 Å². The maximum absolute atomic E-state index is 5.45. The van der Waals surface area contributed by atoms with E-state index in [1.807, 2.05) is 18.3 Å². The number of aromatic nitrogens is 1. The second-order valence-corrected chi connectivity index (χ2v) is 5.65. The summed E-state index contributed by atoms with van der Waals surface area (Å²) in [6, 6.07) is 3.93. The smallest absolute Gasteiger partial charge is 0.213 e. The van der Waals surface area contributed by atoms with Crippen LogP contribution >= 0.6 is 0 Å². The third-order valence-electron chi connectivity index (χ3n) is 4.26. The Balaban J connectivity index is 1.45. The standard InChI is InChI=1S/C16H22N2O2/c1-19-6-7-20-16-5-4-15(11-18-16)17-10-14-9-12-2-3-13(14)8-12/h2-5,11-14,17H,6-10H2,1H3. The lowest BCUT2D eigenvalue weighted by atomic mass is 9.93. The van der Waals surface area contributed by atoms with Gasteiger partial charge in [-0.05, 0) is 36.7 Å². The summed E-state index contributed by atoms with van der Waals surface area (Å²) in [5, 5.41) is 3.49. The minimum Gasteiger partial charge on any atom is -0.475 e. The Morgan fingerprint density at radius 3 is 2.85 bits per heavy atom. The molecule has 20 heavy (non-hydrogen) atoms. The number of hydrogen-bond acceptors (Lipinski definition) is 4. The molecule has 1 heterocycles. The van der Waals surface area contributed by atoms with Crippen LogP contribution in [0.1, 0.15) is 12.8 Å². The van der Waals surface area contributed by atoms with E-state index in [2.05, 4.69) is 22.5 Å². The van der Waals surface area contributed by atoms with Crippen molar-refractivity contribution >= 4 is 5.69 Å². The van der Waals surface area contributed by atoms with Crippen molar-refractivity contribution in [1.82, 2.24) is 4.98 Å². The monoisotopic (exact) mass is 274 g/mol. The quantitative estimate of drug-likeness (QED) is 0.613. The molecule has 108 valence electrons. The number of methoxy groups -OCH3 is 1. The highest BCUT2D eigenvalue weighted by Gasteiger charge is 2.35. The molecule has 0 amide bonds.